The Morgan fingerprint density at radius 1 is 1.39 bits per heavy atom. The third-order valence-corrected chi connectivity index (χ3v) is 3.86. The van der Waals surface area contributed by atoms with Crippen LogP contribution < -0.4 is 10.6 Å². The van der Waals surface area contributed by atoms with Crippen molar-refractivity contribution < 1.29 is 14.3 Å². The number of allylic oxidation sites excluding steroid dienone is 1. The van der Waals surface area contributed by atoms with Crippen molar-refractivity contribution in [2.75, 3.05) is 6.61 Å². The lowest BCUT2D eigenvalue weighted by Gasteiger charge is -2.28. The molecule has 0 fully saturated rings. The van der Waals surface area contributed by atoms with Crippen LogP contribution in [0.2, 0.25) is 0 Å². The number of rotatable bonds is 3. The van der Waals surface area contributed by atoms with Gasteiger partial charge in [0.1, 0.15) is 6.61 Å². The predicted molar refractivity (Wildman–Crippen MR) is 92.5 cm³/mol. The average Bonchev–Trinajstić information content (AvgIpc) is 2.43. The molecule has 0 unspecified atom stereocenters. The number of amides is 2. The first-order chi connectivity index (χ1) is 10.7. The molecule has 1 aliphatic heterocycles. The Hall–Kier alpha value is -0.950. The summed E-state index contributed by atoms with van der Waals surface area (Å²) >= 11 is 20.1. The van der Waals surface area contributed by atoms with E-state index < -0.39 is 28.4 Å². The SMILES string of the molecule is CC1=C(C(=O)OCC(Cl)(Cl)Cl)[C@H](c2cccc(Br)c2)NC(=O)N1. The lowest BCUT2D eigenvalue weighted by molar-refractivity contribution is -0.139. The van der Waals surface area contributed by atoms with Crippen molar-refractivity contribution in [2.45, 2.75) is 16.8 Å². The normalized spacial score (nSPS) is 18.3. The number of esters is 1. The van der Waals surface area contributed by atoms with Gasteiger partial charge in [0.15, 0.2) is 0 Å². The predicted octanol–water partition coefficient (Wildman–Crippen LogP) is 3.99. The van der Waals surface area contributed by atoms with E-state index in [4.69, 9.17) is 39.5 Å². The topological polar surface area (TPSA) is 67.4 Å². The Bertz CT molecular complexity index is 673. The van der Waals surface area contributed by atoms with Gasteiger partial charge < -0.3 is 15.4 Å². The fraction of sp³-hybridized carbons (Fsp3) is 0.286. The minimum absolute atomic E-state index is 0.247. The van der Waals surface area contributed by atoms with Crippen molar-refractivity contribution in [3.05, 3.63) is 45.6 Å². The number of carbonyl (C=O) groups excluding carboxylic acids is 2. The highest BCUT2D eigenvalue weighted by Gasteiger charge is 2.33. The number of benzene rings is 1. The van der Waals surface area contributed by atoms with Gasteiger partial charge in [0, 0.05) is 10.2 Å². The number of hydrogen-bond donors (Lipinski definition) is 2. The lowest BCUT2D eigenvalue weighted by atomic mass is 9.96. The quantitative estimate of drug-likeness (QED) is 0.550. The second-order valence-corrected chi connectivity index (χ2v) is 8.25. The van der Waals surface area contributed by atoms with E-state index in [-0.39, 0.29) is 5.57 Å². The van der Waals surface area contributed by atoms with E-state index in [1.165, 1.54) is 0 Å². The minimum Gasteiger partial charge on any atom is -0.458 e. The van der Waals surface area contributed by atoms with Crippen LogP contribution in [0.1, 0.15) is 18.5 Å². The molecule has 5 nitrogen and oxygen atoms in total. The van der Waals surface area contributed by atoms with Crippen LogP contribution in [0.3, 0.4) is 0 Å². The highest BCUT2D eigenvalue weighted by molar-refractivity contribution is 9.10. The Kier molecular flexibility index (Phi) is 5.84. The summed E-state index contributed by atoms with van der Waals surface area (Å²) < 4.78 is 4.14. The van der Waals surface area contributed by atoms with Crippen molar-refractivity contribution >= 4 is 62.7 Å². The van der Waals surface area contributed by atoms with E-state index >= 15 is 0 Å². The molecular weight excluding hydrogens is 430 g/mol. The molecule has 1 atom stereocenters. The molecule has 0 saturated heterocycles. The molecule has 23 heavy (non-hydrogen) atoms. The number of hydrogen-bond acceptors (Lipinski definition) is 3. The molecule has 0 radical (unpaired) electrons. The zero-order chi connectivity index (χ0) is 17.2. The monoisotopic (exact) mass is 440 g/mol. The van der Waals surface area contributed by atoms with Crippen molar-refractivity contribution in [3.8, 4) is 0 Å². The minimum atomic E-state index is -1.71. The molecule has 1 aromatic carbocycles. The highest BCUT2D eigenvalue weighted by Crippen LogP contribution is 2.31. The van der Waals surface area contributed by atoms with Crippen LogP contribution in [0, 0.1) is 0 Å². The smallest absolute Gasteiger partial charge is 0.338 e. The molecule has 0 aromatic heterocycles. The highest BCUT2D eigenvalue weighted by atomic mass is 79.9. The molecule has 0 saturated carbocycles. The summed E-state index contributed by atoms with van der Waals surface area (Å²) in [5.41, 5.74) is 1.35. The van der Waals surface area contributed by atoms with Gasteiger partial charge in [0.2, 0.25) is 3.79 Å². The van der Waals surface area contributed by atoms with Crippen LogP contribution in [0.25, 0.3) is 0 Å². The Morgan fingerprint density at radius 2 is 2.09 bits per heavy atom. The summed E-state index contributed by atoms with van der Waals surface area (Å²) in [4.78, 5) is 24.1. The number of nitrogens with one attached hydrogen (secondary N) is 2. The van der Waals surface area contributed by atoms with Gasteiger partial charge in [-0.15, -0.1) is 0 Å². The molecule has 9 heteroatoms. The van der Waals surface area contributed by atoms with Gasteiger partial charge in [0.05, 0.1) is 11.6 Å². The first-order valence-electron chi connectivity index (χ1n) is 6.45. The third kappa shape index (κ3) is 5.01. The first-order valence-corrected chi connectivity index (χ1v) is 8.37. The van der Waals surface area contributed by atoms with Crippen LogP contribution in [0.4, 0.5) is 4.79 Å². The summed E-state index contributed by atoms with van der Waals surface area (Å²) in [6, 6.07) is 6.15. The Labute approximate surface area is 156 Å². The van der Waals surface area contributed by atoms with Gasteiger partial charge in [-0.1, -0.05) is 62.9 Å². The van der Waals surface area contributed by atoms with Gasteiger partial charge in [-0.2, -0.15) is 0 Å². The molecule has 1 aromatic rings. The van der Waals surface area contributed by atoms with Crippen LogP contribution in [-0.4, -0.2) is 22.4 Å². The van der Waals surface area contributed by atoms with Gasteiger partial charge in [0.25, 0.3) is 0 Å². The maximum atomic E-state index is 12.4. The molecule has 1 aliphatic rings. The molecule has 2 rings (SSSR count). The van der Waals surface area contributed by atoms with E-state index in [0.717, 1.165) is 10.0 Å². The van der Waals surface area contributed by atoms with E-state index in [9.17, 15) is 9.59 Å². The second kappa shape index (κ2) is 7.30. The zero-order valence-corrected chi connectivity index (χ0v) is 15.7. The average molecular weight is 443 g/mol. The van der Waals surface area contributed by atoms with Gasteiger partial charge >= 0.3 is 12.0 Å². The molecule has 2 amide bonds. The molecule has 1 heterocycles. The van der Waals surface area contributed by atoms with Crippen LogP contribution in [0.15, 0.2) is 40.0 Å². The maximum Gasteiger partial charge on any atom is 0.338 e. The number of urea groups is 1. The number of carbonyl (C=O) groups is 2. The summed E-state index contributed by atoms with van der Waals surface area (Å²) in [5, 5.41) is 5.23. The Balaban J connectivity index is 2.33. The molecule has 2 N–H and O–H groups in total. The lowest BCUT2D eigenvalue weighted by Crippen LogP contribution is -2.45. The maximum absolute atomic E-state index is 12.4. The number of ether oxygens (including phenoxy) is 1. The van der Waals surface area contributed by atoms with Crippen LogP contribution >= 0.6 is 50.7 Å². The summed E-state index contributed by atoms with van der Waals surface area (Å²) in [6.07, 6.45) is 0. The molecule has 124 valence electrons. The van der Waals surface area contributed by atoms with E-state index in [2.05, 4.69) is 26.6 Å². The van der Waals surface area contributed by atoms with E-state index in [1.54, 1.807) is 25.1 Å². The molecule has 0 spiro atoms. The summed E-state index contributed by atoms with van der Waals surface area (Å²) in [6.45, 7) is 1.21. The van der Waals surface area contributed by atoms with E-state index in [1.807, 2.05) is 6.07 Å². The standard InChI is InChI=1S/C14H12BrCl3N2O3/c1-7-10(12(21)23-6-14(16,17)18)11(20-13(22)19-7)8-3-2-4-9(15)5-8/h2-5,11H,6H2,1H3,(H2,19,20,22)/t11-/m0/s1. The van der Waals surface area contributed by atoms with Crippen molar-refractivity contribution in [3.63, 3.8) is 0 Å². The fourth-order valence-electron chi connectivity index (χ4n) is 2.13. The molecule has 0 aliphatic carbocycles. The molecule has 0 bridgehead atoms. The fourth-order valence-corrected chi connectivity index (χ4v) is 2.71. The van der Waals surface area contributed by atoms with Crippen molar-refractivity contribution in [2.24, 2.45) is 0 Å². The second-order valence-electron chi connectivity index (χ2n) is 4.82. The Morgan fingerprint density at radius 3 is 2.70 bits per heavy atom. The largest absolute Gasteiger partial charge is 0.458 e. The van der Waals surface area contributed by atoms with Gasteiger partial charge in [-0.05, 0) is 24.6 Å². The van der Waals surface area contributed by atoms with E-state index in [0.29, 0.717) is 5.70 Å². The molecular formula is C14H12BrCl3N2O3. The zero-order valence-electron chi connectivity index (χ0n) is 11.8. The number of halogens is 4. The number of alkyl halides is 3. The summed E-state index contributed by atoms with van der Waals surface area (Å²) in [7, 11) is 0. The van der Waals surface area contributed by atoms with Crippen molar-refractivity contribution in [1.82, 2.24) is 10.6 Å². The first kappa shape index (κ1) is 18.4. The van der Waals surface area contributed by atoms with Crippen LogP contribution in [0.5, 0.6) is 0 Å². The third-order valence-electron chi connectivity index (χ3n) is 3.04. The van der Waals surface area contributed by atoms with Crippen molar-refractivity contribution in [1.29, 1.82) is 0 Å². The van der Waals surface area contributed by atoms with Crippen LogP contribution in [-0.2, 0) is 9.53 Å². The van der Waals surface area contributed by atoms with Gasteiger partial charge in [-0.3, -0.25) is 0 Å². The van der Waals surface area contributed by atoms with Gasteiger partial charge in [-0.25, -0.2) is 9.59 Å². The summed E-state index contributed by atoms with van der Waals surface area (Å²) in [5.74, 6) is -0.675.